The third-order valence-corrected chi connectivity index (χ3v) is 14.5. The molecule has 0 N–H and O–H groups in total. The van der Waals surface area contributed by atoms with Crippen molar-refractivity contribution in [3.05, 3.63) is 258 Å². The van der Waals surface area contributed by atoms with Gasteiger partial charge < -0.3 is 4.90 Å². The second-order valence-electron chi connectivity index (χ2n) is 18.0. The summed E-state index contributed by atoms with van der Waals surface area (Å²) in [6.07, 6.45) is 0. The van der Waals surface area contributed by atoms with Gasteiger partial charge in [0, 0.05) is 22.5 Å². The molecule has 0 bridgehead atoms. The van der Waals surface area contributed by atoms with Crippen LogP contribution in [0.25, 0.3) is 65.3 Å². The van der Waals surface area contributed by atoms with Gasteiger partial charge in [0.1, 0.15) is 0 Å². The summed E-state index contributed by atoms with van der Waals surface area (Å²) in [7, 11) is 0. The quantitative estimate of drug-likeness (QED) is 0.157. The van der Waals surface area contributed by atoms with Crippen LogP contribution >= 0.6 is 0 Å². The van der Waals surface area contributed by atoms with Crippen LogP contribution in [0.15, 0.2) is 224 Å². The zero-order valence-electron chi connectivity index (χ0n) is 35.3. The molecule has 0 heterocycles. The molecular weight excluding hydrogens is 759 g/mol. The van der Waals surface area contributed by atoms with Crippen LogP contribution in [0.3, 0.4) is 0 Å². The van der Waals surface area contributed by atoms with E-state index < -0.39 is 5.41 Å². The van der Waals surface area contributed by atoms with Gasteiger partial charge in [0.05, 0.1) is 5.41 Å². The van der Waals surface area contributed by atoms with E-state index in [2.05, 4.69) is 243 Å². The van der Waals surface area contributed by atoms with Crippen LogP contribution in [0.1, 0.15) is 47.2 Å². The Morgan fingerprint density at radius 3 is 1.44 bits per heavy atom. The molecule has 0 fully saturated rings. The fourth-order valence-corrected chi connectivity index (χ4v) is 11.6. The zero-order valence-corrected chi connectivity index (χ0v) is 35.3. The van der Waals surface area contributed by atoms with E-state index in [1.165, 1.54) is 98.7 Å². The monoisotopic (exact) mass is 801 g/mol. The largest absolute Gasteiger partial charge is 0.310 e. The second-order valence-corrected chi connectivity index (χ2v) is 18.0. The highest BCUT2D eigenvalue weighted by molar-refractivity contribution is 6.25. The number of hydrogen-bond acceptors (Lipinski definition) is 1. The number of nitrogens with zero attached hydrogens (tertiary/aromatic N) is 1. The van der Waals surface area contributed by atoms with Crippen molar-refractivity contribution in [1.82, 2.24) is 0 Å². The number of hydrogen-bond donors (Lipinski definition) is 0. The first-order valence-electron chi connectivity index (χ1n) is 22.2. The molecule has 1 nitrogen and oxygen atoms in total. The molecule has 0 saturated carbocycles. The molecule has 0 amide bonds. The van der Waals surface area contributed by atoms with E-state index in [-0.39, 0.29) is 5.41 Å². The Balaban J connectivity index is 1.10. The molecule has 11 aromatic rings. The maximum atomic E-state index is 2.51. The standard InChI is InChI=1S/C62H43N/c1-61(2)57-34-31-45(38-56(57)55-35-40-17-9-10-18-41(40)36-59(55)61)63(44-29-32-51-49-25-12-11-23-47(49)48-24-13-14-26-50(48)54(51)37-44)46-30-33-53-52-27-15-16-28-58(52)62(60(53)39-46,42-19-5-3-6-20-42)43-21-7-4-8-22-43/h3-39H,1-2H3. The van der Waals surface area contributed by atoms with Gasteiger partial charge in [-0.2, -0.15) is 0 Å². The summed E-state index contributed by atoms with van der Waals surface area (Å²) in [5.74, 6) is 0. The van der Waals surface area contributed by atoms with Gasteiger partial charge in [-0.15, -0.1) is 0 Å². The molecule has 11 aromatic carbocycles. The minimum Gasteiger partial charge on any atom is -0.310 e. The van der Waals surface area contributed by atoms with Crippen molar-refractivity contribution in [3.63, 3.8) is 0 Å². The third-order valence-electron chi connectivity index (χ3n) is 14.5. The molecule has 1 heteroatoms. The van der Waals surface area contributed by atoms with E-state index >= 15 is 0 Å². The molecule has 0 saturated heterocycles. The maximum Gasteiger partial charge on any atom is 0.0714 e. The summed E-state index contributed by atoms with van der Waals surface area (Å²) < 4.78 is 0. The van der Waals surface area contributed by atoms with Crippen LogP contribution in [-0.2, 0) is 10.8 Å². The smallest absolute Gasteiger partial charge is 0.0714 e. The lowest BCUT2D eigenvalue weighted by Gasteiger charge is -2.35. The van der Waals surface area contributed by atoms with Gasteiger partial charge in [-0.25, -0.2) is 0 Å². The van der Waals surface area contributed by atoms with Crippen molar-refractivity contribution in [1.29, 1.82) is 0 Å². The number of benzene rings is 11. The Hall–Kier alpha value is -7.74. The summed E-state index contributed by atoms with van der Waals surface area (Å²) >= 11 is 0. The molecule has 296 valence electrons. The highest BCUT2D eigenvalue weighted by Gasteiger charge is 2.46. The van der Waals surface area contributed by atoms with E-state index in [9.17, 15) is 0 Å². The summed E-state index contributed by atoms with van der Waals surface area (Å²) in [6.45, 7) is 4.77. The normalized spacial score (nSPS) is 14.1. The van der Waals surface area contributed by atoms with Crippen LogP contribution < -0.4 is 4.90 Å². The molecule has 0 aliphatic heterocycles. The predicted molar refractivity (Wildman–Crippen MR) is 266 cm³/mol. The van der Waals surface area contributed by atoms with Gasteiger partial charge in [-0.3, -0.25) is 0 Å². The van der Waals surface area contributed by atoms with E-state index in [4.69, 9.17) is 0 Å². The number of anilines is 3. The first kappa shape index (κ1) is 36.0. The Morgan fingerprint density at radius 1 is 0.286 bits per heavy atom. The highest BCUT2D eigenvalue weighted by atomic mass is 15.1. The summed E-state index contributed by atoms with van der Waals surface area (Å²) in [5.41, 5.74) is 15.8. The summed E-state index contributed by atoms with van der Waals surface area (Å²) in [6, 6.07) is 84.3. The summed E-state index contributed by atoms with van der Waals surface area (Å²) in [5, 5.41) is 10.2. The highest BCUT2D eigenvalue weighted by Crippen LogP contribution is 2.58. The van der Waals surface area contributed by atoms with Gasteiger partial charge >= 0.3 is 0 Å². The lowest BCUT2D eigenvalue weighted by atomic mass is 9.67. The van der Waals surface area contributed by atoms with Crippen LogP contribution in [0.4, 0.5) is 17.1 Å². The topological polar surface area (TPSA) is 3.24 Å². The molecule has 13 rings (SSSR count). The Labute approximate surface area is 368 Å². The molecule has 0 spiro atoms. The predicted octanol–water partition coefficient (Wildman–Crippen LogP) is 16.4. The lowest BCUT2D eigenvalue weighted by Crippen LogP contribution is -2.28. The molecule has 0 aromatic heterocycles. The van der Waals surface area contributed by atoms with Gasteiger partial charge in [0.15, 0.2) is 0 Å². The second kappa shape index (κ2) is 13.4. The third kappa shape index (κ3) is 5.05. The van der Waals surface area contributed by atoms with Crippen LogP contribution in [0.2, 0.25) is 0 Å². The van der Waals surface area contributed by atoms with Crippen molar-refractivity contribution >= 4 is 60.2 Å². The average Bonchev–Trinajstić information content (AvgIpc) is 3.76. The van der Waals surface area contributed by atoms with Crippen molar-refractivity contribution in [3.8, 4) is 22.3 Å². The van der Waals surface area contributed by atoms with Crippen LogP contribution in [0, 0.1) is 0 Å². The average molecular weight is 802 g/mol. The van der Waals surface area contributed by atoms with E-state index in [0.717, 1.165) is 17.1 Å². The fraction of sp³-hybridized carbons (Fsp3) is 0.0645. The fourth-order valence-electron chi connectivity index (χ4n) is 11.6. The van der Waals surface area contributed by atoms with Crippen molar-refractivity contribution in [2.24, 2.45) is 0 Å². The minimum atomic E-state index is -0.517. The van der Waals surface area contributed by atoms with E-state index in [1.54, 1.807) is 0 Å². The Bertz CT molecular complexity index is 3580. The molecule has 63 heavy (non-hydrogen) atoms. The molecule has 0 radical (unpaired) electrons. The van der Waals surface area contributed by atoms with Crippen molar-refractivity contribution in [2.45, 2.75) is 24.7 Å². The van der Waals surface area contributed by atoms with Gasteiger partial charge in [0.2, 0.25) is 0 Å². The SMILES string of the molecule is CC1(C)c2ccc(N(c3ccc4c(c3)C(c3ccccc3)(c3ccccc3)c3ccccc3-4)c3ccc4c5ccccc5c5ccccc5c4c3)cc2-c2cc3ccccc3cc21. The number of rotatable bonds is 5. The Kier molecular flexibility index (Phi) is 7.64. The van der Waals surface area contributed by atoms with Crippen molar-refractivity contribution in [2.75, 3.05) is 4.90 Å². The van der Waals surface area contributed by atoms with Gasteiger partial charge in [-0.05, 0) is 147 Å². The first-order valence-corrected chi connectivity index (χ1v) is 22.2. The number of fused-ring (bicyclic) bond motifs is 13. The lowest BCUT2D eigenvalue weighted by molar-refractivity contribution is 0.661. The molecule has 2 aliphatic carbocycles. The molecule has 2 aliphatic rings. The van der Waals surface area contributed by atoms with Crippen molar-refractivity contribution < 1.29 is 0 Å². The molecular formula is C62H43N. The van der Waals surface area contributed by atoms with Gasteiger partial charge in [0.25, 0.3) is 0 Å². The maximum absolute atomic E-state index is 2.51. The van der Waals surface area contributed by atoms with E-state index in [0.29, 0.717) is 0 Å². The Morgan fingerprint density at radius 2 is 0.762 bits per heavy atom. The summed E-state index contributed by atoms with van der Waals surface area (Å²) in [4.78, 5) is 2.51. The molecule has 0 unspecified atom stereocenters. The van der Waals surface area contributed by atoms with E-state index in [1.807, 2.05) is 0 Å². The molecule has 0 atom stereocenters. The minimum absolute atomic E-state index is 0.134. The first-order chi connectivity index (χ1) is 31.0. The zero-order chi connectivity index (χ0) is 41.9. The van der Waals surface area contributed by atoms with Crippen LogP contribution in [0.5, 0.6) is 0 Å². The van der Waals surface area contributed by atoms with Gasteiger partial charge in [-0.1, -0.05) is 190 Å². The van der Waals surface area contributed by atoms with Crippen LogP contribution in [-0.4, -0.2) is 0 Å².